The molecule has 0 aliphatic heterocycles. The van der Waals surface area contributed by atoms with E-state index in [4.69, 9.17) is 15.1 Å². The SMILES string of the molecule is [Co+2].[Li+].[Mn+2].[Ni+2].[O-]B([O-])[O-]. The summed E-state index contributed by atoms with van der Waals surface area (Å²) in [5, 5.41) is 25.2. The molecule has 0 fully saturated rings. The van der Waals surface area contributed by atoms with Crippen molar-refractivity contribution in [2.45, 2.75) is 0 Å². The quantitative estimate of drug-likeness (QED) is 0.394. The average molecular weight is 238 g/mol. The smallest absolute Gasteiger partial charge is 0.907 e. The van der Waals surface area contributed by atoms with E-state index in [-0.39, 0.29) is 69.2 Å². The van der Waals surface area contributed by atoms with Gasteiger partial charge in [0.2, 0.25) is 0 Å². The predicted molar refractivity (Wildman–Crippen MR) is 5.75 cm³/mol. The number of hydrogen-bond acceptors (Lipinski definition) is 3. The minimum absolute atomic E-state index is 0. The van der Waals surface area contributed by atoms with E-state index in [1.807, 2.05) is 0 Å². The van der Waals surface area contributed by atoms with Gasteiger partial charge in [0.1, 0.15) is 0 Å². The summed E-state index contributed by atoms with van der Waals surface area (Å²) in [4.78, 5) is 0. The van der Waals surface area contributed by atoms with Crippen LogP contribution in [0.3, 0.4) is 0 Å². The molecule has 0 bridgehead atoms. The first kappa shape index (κ1) is 32.2. The molecular weight excluding hydrogens is 238 g/mol. The zero-order valence-electron chi connectivity index (χ0n) is 3.83. The summed E-state index contributed by atoms with van der Waals surface area (Å²) in [5.41, 5.74) is 0. The van der Waals surface area contributed by atoms with Crippen LogP contribution in [-0.2, 0) is 50.3 Å². The molecule has 0 amide bonds. The molecule has 0 aromatic carbocycles. The van der Waals surface area contributed by atoms with E-state index in [0.29, 0.717) is 0 Å². The standard InChI is InChI=1S/BO3.Co.Li.Mn.Ni/c2-1(3)4;;;;/q-3;+2;+1;2*+2. The van der Waals surface area contributed by atoms with E-state index >= 15 is 0 Å². The van der Waals surface area contributed by atoms with Crippen LogP contribution < -0.4 is 33.9 Å². The zero-order chi connectivity index (χ0) is 3.58. The minimum Gasteiger partial charge on any atom is -0.907 e. The molecule has 0 spiro atoms. The first-order valence-corrected chi connectivity index (χ1v) is 0.707. The summed E-state index contributed by atoms with van der Waals surface area (Å²) in [6.07, 6.45) is 0. The summed E-state index contributed by atoms with van der Waals surface area (Å²) in [5.74, 6) is 0. The van der Waals surface area contributed by atoms with Crippen LogP contribution in [0.15, 0.2) is 0 Å². The van der Waals surface area contributed by atoms with Crippen molar-refractivity contribution in [1.82, 2.24) is 0 Å². The molecule has 0 heterocycles. The van der Waals surface area contributed by atoms with Crippen LogP contribution in [-0.4, -0.2) is 7.32 Å². The summed E-state index contributed by atoms with van der Waals surface area (Å²) in [6, 6.07) is 0. The van der Waals surface area contributed by atoms with Gasteiger partial charge >= 0.3 is 69.2 Å². The van der Waals surface area contributed by atoms with Crippen molar-refractivity contribution in [3.05, 3.63) is 0 Å². The Morgan fingerprint density at radius 2 is 1.00 bits per heavy atom. The van der Waals surface area contributed by atoms with Gasteiger partial charge in [0, 0.05) is 0 Å². The second-order valence-corrected chi connectivity index (χ2v) is 0.289. The molecule has 0 saturated heterocycles. The fourth-order valence-corrected chi connectivity index (χ4v) is 0. The molecule has 0 rings (SSSR count). The van der Waals surface area contributed by atoms with Gasteiger partial charge in [-0.2, -0.15) is 0 Å². The van der Waals surface area contributed by atoms with E-state index in [0.717, 1.165) is 0 Å². The monoisotopic (exact) mass is 238 g/mol. The van der Waals surface area contributed by atoms with Gasteiger partial charge < -0.3 is 15.1 Å². The Balaban J connectivity index is -0.00000000750. The molecule has 0 aromatic rings. The molecule has 0 atom stereocenters. The Bertz CT molecular complexity index is 24.0. The molecule has 0 aliphatic carbocycles. The van der Waals surface area contributed by atoms with Crippen molar-refractivity contribution in [1.29, 1.82) is 0 Å². The average Bonchev–Trinajstić information content (AvgIpc) is 0.811. The van der Waals surface area contributed by atoms with Crippen LogP contribution in [0, 0.1) is 0 Å². The predicted octanol–water partition coefficient (Wildman–Crippen LogP) is -6.95. The van der Waals surface area contributed by atoms with E-state index in [9.17, 15) is 0 Å². The summed E-state index contributed by atoms with van der Waals surface area (Å²) in [6.45, 7) is 0. The molecule has 0 N–H and O–H groups in total. The minimum atomic E-state index is -2.92. The first-order valence-electron chi connectivity index (χ1n) is 0.707. The van der Waals surface area contributed by atoms with Crippen LogP contribution in [0.2, 0.25) is 0 Å². The number of rotatable bonds is 0. The van der Waals surface area contributed by atoms with Gasteiger partial charge in [0.15, 0.2) is 0 Å². The van der Waals surface area contributed by atoms with Crippen molar-refractivity contribution in [2.24, 2.45) is 0 Å². The summed E-state index contributed by atoms with van der Waals surface area (Å²) in [7, 11) is -2.92. The van der Waals surface area contributed by atoms with Crippen molar-refractivity contribution in [3.8, 4) is 0 Å². The maximum absolute atomic E-state index is 8.42. The maximum Gasteiger partial charge on any atom is 2.00 e. The van der Waals surface area contributed by atoms with Crippen LogP contribution in [0.25, 0.3) is 0 Å². The van der Waals surface area contributed by atoms with E-state index in [1.54, 1.807) is 0 Å². The fourth-order valence-electron chi connectivity index (χ4n) is 0. The third-order valence-electron chi connectivity index (χ3n) is 0. The maximum atomic E-state index is 8.42. The molecule has 8 heteroatoms. The van der Waals surface area contributed by atoms with Gasteiger partial charge in [-0.1, -0.05) is 0 Å². The molecule has 0 aliphatic rings. The molecule has 0 aromatic heterocycles. The van der Waals surface area contributed by atoms with E-state index in [2.05, 4.69) is 0 Å². The summed E-state index contributed by atoms with van der Waals surface area (Å²) >= 11 is 0. The molecule has 2 radical (unpaired) electrons. The first-order chi connectivity index (χ1) is 1.73. The van der Waals surface area contributed by atoms with Crippen LogP contribution >= 0.6 is 0 Å². The molecular formula is BCoLiMnNiO3+4. The molecule has 8 heavy (non-hydrogen) atoms. The Hall–Kier alpha value is 2.06. The van der Waals surface area contributed by atoms with E-state index in [1.165, 1.54) is 0 Å². The van der Waals surface area contributed by atoms with Gasteiger partial charge in [-0.05, 0) is 0 Å². The van der Waals surface area contributed by atoms with Crippen molar-refractivity contribution in [3.63, 3.8) is 0 Å². The second-order valence-electron chi connectivity index (χ2n) is 0.289. The van der Waals surface area contributed by atoms with Crippen LogP contribution in [0.5, 0.6) is 0 Å². The molecule has 44 valence electrons. The van der Waals surface area contributed by atoms with Crippen molar-refractivity contribution < 1.29 is 84.3 Å². The van der Waals surface area contributed by atoms with Gasteiger partial charge in [-0.25, -0.2) is 0 Å². The van der Waals surface area contributed by atoms with Crippen molar-refractivity contribution in [2.75, 3.05) is 0 Å². The van der Waals surface area contributed by atoms with Gasteiger partial charge in [0.05, 0.1) is 0 Å². The zero-order valence-corrected chi connectivity index (χ0v) is 7.04. The van der Waals surface area contributed by atoms with Crippen LogP contribution in [0.4, 0.5) is 0 Å². The Kier molecular flexibility index (Phi) is 92.7. The fraction of sp³-hybridized carbons (Fsp3) is 0. The molecule has 0 unspecified atom stereocenters. The Morgan fingerprint density at radius 1 is 1.00 bits per heavy atom. The van der Waals surface area contributed by atoms with Gasteiger partial charge in [-0.15, -0.1) is 0 Å². The van der Waals surface area contributed by atoms with Crippen molar-refractivity contribution >= 4 is 7.32 Å². The van der Waals surface area contributed by atoms with Gasteiger partial charge in [-0.3, -0.25) is 7.32 Å². The Labute approximate surface area is 90.9 Å². The second kappa shape index (κ2) is 23.0. The third-order valence-corrected chi connectivity index (χ3v) is 0. The number of hydrogen-bond donors (Lipinski definition) is 0. The molecule has 3 nitrogen and oxygen atoms in total. The topological polar surface area (TPSA) is 69.2 Å². The van der Waals surface area contributed by atoms with Crippen LogP contribution in [0.1, 0.15) is 0 Å². The summed E-state index contributed by atoms with van der Waals surface area (Å²) < 4.78 is 0. The Morgan fingerprint density at radius 3 is 1.00 bits per heavy atom. The largest absolute Gasteiger partial charge is 2.00 e. The third kappa shape index (κ3) is 94.6. The van der Waals surface area contributed by atoms with Gasteiger partial charge in [0.25, 0.3) is 0 Å². The van der Waals surface area contributed by atoms with E-state index < -0.39 is 7.32 Å². The molecule has 0 saturated carbocycles. The normalized spacial score (nSPS) is 3.38.